The van der Waals surface area contributed by atoms with Crippen LogP contribution in [0.4, 0.5) is 0 Å². The fourth-order valence-corrected chi connectivity index (χ4v) is 14.0. The molecule has 12 aromatic carbocycles. The van der Waals surface area contributed by atoms with Gasteiger partial charge in [0.1, 0.15) is 0 Å². The van der Waals surface area contributed by atoms with Crippen LogP contribution >= 0.6 is 0 Å². The van der Waals surface area contributed by atoms with Crippen molar-refractivity contribution in [3.63, 3.8) is 0 Å². The second-order valence-corrected chi connectivity index (χ2v) is 44.5. The first-order valence-corrected chi connectivity index (χ1v) is 40.5. The van der Waals surface area contributed by atoms with E-state index in [2.05, 4.69) is 443 Å². The first-order valence-electron chi connectivity index (χ1n) is 40.5. The van der Waals surface area contributed by atoms with Gasteiger partial charge in [-0.05, 0) is 109 Å². The van der Waals surface area contributed by atoms with Crippen molar-refractivity contribution in [1.82, 2.24) is 0 Å². The first-order chi connectivity index (χ1) is 49.0. The van der Waals surface area contributed by atoms with E-state index in [4.69, 9.17) is 0 Å². The van der Waals surface area contributed by atoms with Crippen LogP contribution < -0.4 is 24.8 Å². The molecule has 0 aliphatic carbocycles. The largest absolute Gasteiger partial charge is 2.00 e. The van der Waals surface area contributed by atoms with Gasteiger partial charge in [0.15, 0.2) is 0 Å². The Hall–Kier alpha value is -5.45. The van der Waals surface area contributed by atoms with Gasteiger partial charge in [0, 0.05) is 0 Å². The zero-order valence-corrected chi connectivity index (χ0v) is 82.7. The molecule has 0 amide bonds. The second kappa shape index (κ2) is 34.6. The van der Waals surface area contributed by atoms with Crippen LogP contribution in [-0.4, -0.2) is 0 Å². The maximum atomic E-state index is 2.39. The molecule has 0 saturated heterocycles. The number of fused-ring (bicyclic) bond motifs is 4. The van der Waals surface area contributed by atoms with Crippen molar-refractivity contribution < 1.29 is 77.2 Å². The summed E-state index contributed by atoms with van der Waals surface area (Å²) in [6.07, 6.45) is 0. The van der Waals surface area contributed by atoms with Crippen LogP contribution in [-0.2, 0) is 117 Å². The van der Waals surface area contributed by atoms with Gasteiger partial charge in [0.2, 0.25) is 0 Å². The van der Waals surface area contributed by atoms with E-state index in [1.807, 2.05) is 0 Å². The Bertz CT molecular complexity index is 4390. The van der Waals surface area contributed by atoms with Crippen molar-refractivity contribution in [3.8, 4) is 44.5 Å². The third kappa shape index (κ3) is 24.4. The van der Waals surface area contributed by atoms with Crippen molar-refractivity contribution in [2.24, 2.45) is 0 Å². The summed E-state index contributed by atoms with van der Waals surface area (Å²) in [6, 6.07) is 75.1. The van der Waals surface area contributed by atoms with Crippen LogP contribution in [0.5, 0.6) is 0 Å². The summed E-state index contributed by atoms with van der Waals surface area (Å²) in [6.45, 7) is 82.6. The Kier molecular flexibility index (Phi) is 30.0. The molecular weight excluding hydrogens is 1550 g/mol. The molecule has 0 nitrogen and oxygen atoms in total. The zero-order chi connectivity index (χ0) is 80.8. The van der Waals surface area contributed by atoms with Gasteiger partial charge in [-0.1, -0.05) is 415 Å². The van der Waals surface area contributed by atoms with Crippen LogP contribution in [0.2, 0.25) is 0 Å². The van der Waals surface area contributed by atoms with E-state index in [0.29, 0.717) is 0 Å². The third-order valence-electron chi connectivity index (χ3n) is 22.3. The molecule has 12 rings (SSSR count). The fraction of sp³-hybridized carbons (Fsp3) is 0.444. The van der Waals surface area contributed by atoms with Crippen LogP contribution in [0.25, 0.3) is 87.6 Å². The molecule has 0 aliphatic rings. The van der Waals surface area contributed by atoms with Crippen molar-refractivity contribution in [3.05, 3.63) is 261 Å². The average Bonchev–Trinajstić information content (AvgIpc) is 1.56. The van der Waals surface area contributed by atoms with E-state index < -0.39 is 0 Å². The molecule has 112 heavy (non-hydrogen) atoms. The molecule has 0 saturated carbocycles. The first kappa shape index (κ1) is 97.1. The summed E-state index contributed by atoms with van der Waals surface area (Å²) in [5, 5.41) is 10.7. The molecular formula is C108H140Cl2Zr2-2. The SMILES string of the molecule is CC(C)(C)c1cc(-c2cc3cc(C(C)(C)C)ccc3[cH-]2)cc(C(C)(C)C)c1.CC(C)(C)c1cc(-c2cc3cc(C(C)(C)C)ccc3[cH-]2)cc(C(C)(C)C)c1.CC(C)(C)c1cc(-c2cc3cc(C(C)(C)C)ccc3[cH-]2)cc(C(C)(C)C)c1.CC(C)(C)c1cc(-c2cc3cc(C(C)(C)C)ccc3[cH-]2)cc(C(C)(C)C)c1.[Cl-].[Cl-].[Zr+2].[Zr+2]. The Morgan fingerprint density at radius 3 is 0.393 bits per heavy atom. The normalized spacial score (nSPS) is 12.9. The smallest absolute Gasteiger partial charge is 1.00 e. The molecule has 4 heteroatoms. The maximum absolute atomic E-state index is 2.39. The predicted octanol–water partition coefficient (Wildman–Crippen LogP) is 26.5. The number of halogens is 2. The molecule has 0 bridgehead atoms. The van der Waals surface area contributed by atoms with Gasteiger partial charge >= 0.3 is 52.4 Å². The number of benzene rings is 8. The minimum absolute atomic E-state index is 0. The van der Waals surface area contributed by atoms with Crippen molar-refractivity contribution >= 4 is 43.1 Å². The molecule has 0 fully saturated rings. The molecule has 0 unspecified atom stereocenters. The van der Waals surface area contributed by atoms with Gasteiger partial charge in [-0.25, -0.2) is 0 Å². The monoisotopic (exact) mass is 1690 g/mol. The molecule has 0 heterocycles. The van der Waals surface area contributed by atoms with Gasteiger partial charge in [0.05, 0.1) is 0 Å². The summed E-state index contributed by atoms with van der Waals surface area (Å²) >= 11 is 0. The number of rotatable bonds is 4. The zero-order valence-electron chi connectivity index (χ0n) is 76.2. The topological polar surface area (TPSA) is 0 Å². The maximum Gasteiger partial charge on any atom is 2.00 e. The summed E-state index contributed by atoms with van der Waals surface area (Å²) in [5.74, 6) is 0. The Balaban J connectivity index is 0.000000264. The van der Waals surface area contributed by atoms with Crippen LogP contribution in [0.1, 0.15) is 316 Å². The van der Waals surface area contributed by atoms with Crippen LogP contribution in [0.15, 0.2) is 194 Å². The number of hydrogen-bond acceptors (Lipinski definition) is 0. The van der Waals surface area contributed by atoms with Gasteiger partial charge in [-0.2, -0.15) is 0 Å². The van der Waals surface area contributed by atoms with E-state index in [1.54, 1.807) is 0 Å². The van der Waals surface area contributed by atoms with Crippen molar-refractivity contribution in [2.45, 2.75) is 314 Å². The van der Waals surface area contributed by atoms with Gasteiger partial charge < -0.3 is 24.8 Å². The van der Waals surface area contributed by atoms with E-state index in [-0.39, 0.29) is 142 Å². The van der Waals surface area contributed by atoms with Gasteiger partial charge in [0.25, 0.3) is 0 Å². The molecule has 0 N–H and O–H groups in total. The molecule has 0 radical (unpaired) electrons. The Morgan fingerprint density at radius 2 is 0.277 bits per heavy atom. The second-order valence-electron chi connectivity index (χ2n) is 44.5. The molecule has 0 atom stereocenters. The molecule has 0 spiro atoms. The van der Waals surface area contributed by atoms with Gasteiger partial charge in [-0.15, -0.1) is 138 Å². The third-order valence-corrected chi connectivity index (χ3v) is 22.3. The quantitative estimate of drug-likeness (QED) is 0.154. The molecule has 0 aromatic heterocycles. The Labute approximate surface area is 733 Å². The van der Waals surface area contributed by atoms with E-state index in [0.717, 1.165) is 0 Å². The minimum Gasteiger partial charge on any atom is -1.00 e. The van der Waals surface area contributed by atoms with Gasteiger partial charge in [-0.3, -0.25) is 0 Å². The van der Waals surface area contributed by atoms with E-state index >= 15 is 0 Å². The molecule has 596 valence electrons. The van der Waals surface area contributed by atoms with Crippen LogP contribution in [0, 0.1) is 0 Å². The molecule has 12 aromatic rings. The fourth-order valence-electron chi connectivity index (χ4n) is 14.0. The van der Waals surface area contributed by atoms with Crippen molar-refractivity contribution in [1.29, 1.82) is 0 Å². The minimum atomic E-state index is 0. The summed E-state index contributed by atoms with van der Waals surface area (Å²) in [5.41, 5.74) is 29.3. The van der Waals surface area contributed by atoms with Crippen LogP contribution in [0.3, 0.4) is 0 Å². The molecule has 0 aliphatic heterocycles. The summed E-state index contributed by atoms with van der Waals surface area (Å²) in [7, 11) is 0. The summed E-state index contributed by atoms with van der Waals surface area (Å²) in [4.78, 5) is 0. The van der Waals surface area contributed by atoms with Crippen molar-refractivity contribution in [2.75, 3.05) is 0 Å². The summed E-state index contributed by atoms with van der Waals surface area (Å²) < 4.78 is 0. The average molecular weight is 1690 g/mol. The standard InChI is InChI=1S/4C27H35.2ClH.2Zr/c4*1-25(2,3)22-11-10-18-12-19(13-20(18)14-22)21-15-23(26(4,5)6)17-24(16-21)27(7,8)9;;;;/h4*10-17H,1-9H3;2*1H;;/q4*-1;;;2*+2/p-2. The predicted molar refractivity (Wildman–Crippen MR) is 484 cm³/mol. The van der Waals surface area contributed by atoms with E-state index in [9.17, 15) is 0 Å². The number of hydrogen-bond donors (Lipinski definition) is 0. The Morgan fingerprint density at radius 1 is 0.152 bits per heavy atom. The van der Waals surface area contributed by atoms with E-state index in [1.165, 1.54) is 154 Å².